The van der Waals surface area contributed by atoms with Crippen LogP contribution in [0, 0.1) is 20.8 Å². The fourth-order valence-corrected chi connectivity index (χ4v) is 5.37. The molecule has 1 fully saturated rings. The normalized spacial score (nSPS) is 24.9. The molecule has 0 aromatic heterocycles. The average molecular weight is 295 g/mol. The topological polar surface area (TPSA) is 37.4 Å². The van der Waals surface area contributed by atoms with E-state index in [4.69, 9.17) is 0 Å². The maximum absolute atomic E-state index is 13.0. The number of nitrogens with zero attached hydrogens (tertiary/aromatic N) is 1. The molecule has 3 nitrogen and oxygen atoms in total. The maximum atomic E-state index is 13.0. The molecule has 0 N–H and O–H groups in total. The van der Waals surface area contributed by atoms with Crippen molar-refractivity contribution in [1.29, 1.82) is 0 Å². The van der Waals surface area contributed by atoms with Crippen LogP contribution in [0.15, 0.2) is 17.0 Å². The minimum Gasteiger partial charge on any atom is -0.207 e. The SMILES string of the molecule is Cc1cc(C)c(S(=O)(=O)N2C(C)CCCC2C)cc1C. The molecule has 1 saturated heterocycles. The Morgan fingerprint density at radius 3 is 2.00 bits per heavy atom. The van der Waals surface area contributed by atoms with E-state index in [1.807, 2.05) is 46.8 Å². The lowest BCUT2D eigenvalue weighted by atomic mass is 10.0. The molecule has 1 aliphatic heterocycles. The number of aryl methyl sites for hydroxylation is 3. The summed E-state index contributed by atoms with van der Waals surface area (Å²) < 4.78 is 27.8. The second-order valence-electron chi connectivity index (χ2n) is 6.17. The van der Waals surface area contributed by atoms with Gasteiger partial charge in [0, 0.05) is 12.1 Å². The summed E-state index contributed by atoms with van der Waals surface area (Å²) in [6, 6.07) is 3.98. The van der Waals surface area contributed by atoms with Gasteiger partial charge < -0.3 is 0 Å². The maximum Gasteiger partial charge on any atom is 0.243 e. The van der Waals surface area contributed by atoms with E-state index in [2.05, 4.69) is 0 Å². The van der Waals surface area contributed by atoms with Crippen LogP contribution in [-0.4, -0.2) is 24.8 Å². The minimum atomic E-state index is -3.40. The van der Waals surface area contributed by atoms with Crippen molar-refractivity contribution in [2.45, 2.75) is 70.9 Å². The van der Waals surface area contributed by atoms with Crippen LogP contribution in [0.2, 0.25) is 0 Å². The summed E-state index contributed by atoms with van der Waals surface area (Å²) in [6.45, 7) is 9.91. The van der Waals surface area contributed by atoms with Gasteiger partial charge in [-0.25, -0.2) is 8.42 Å². The van der Waals surface area contributed by atoms with Crippen LogP contribution in [0.4, 0.5) is 0 Å². The zero-order chi connectivity index (χ0) is 15.1. The number of hydrogen-bond donors (Lipinski definition) is 0. The number of benzene rings is 1. The molecule has 4 heteroatoms. The van der Waals surface area contributed by atoms with Crippen LogP contribution in [0.1, 0.15) is 49.8 Å². The van der Waals surface area contributed by atoms with Crippen molar-refractivity contribution >= 4 is 10.0 Å². The van der Waals surface area contributed by atoms with Gasteiger partial charge in [-0.3, -0.25) is 0 Å². The van der Waals surface area contributed by atoms with Crippen molar-refractivity contribution in [3.63, 3.8) is 0 Å². The summed E-state index contributed by atoms with van der Waals surface area (Å²) in [5, 5.41) is 0. The first-order valence-electron chi connectivity index (χ1n) is 7.36. The van der Waals surface area contributed by atoms with E-state index in [1.54, 1.807) is 4.31 Å². The van der Waals surface area contributed by atoms with Crippen molar-refractivity contribution in [3.05, 3.63) is 28.8 Å². The molecule has 0 bridgehead atoms. The van der Waals surface area contributed by atoms with E-state index in [0.29, 0.717) is 4.90 Å². The Kier molecular flexibility index (Phi) is 4.26. The summed E-state index contributed by atoms with van der Waals surface area (Å²) in [5.74, 6) is 0. The van der Waals surface area contributed by atoms with Crippen LogP contribution < -0.4 is 0 Å². The average Bonchev–Trinajstić information content (AvgIpc) is 2.33. The second kappa shape index (κ2) is 5.49. The lowest BCUT2D eigenvalue weighted by Gasteiger charge is -2.38. The largest absolute Gasteiger partial charge is 0.243 e. The lowest BCUT2D eigenvalue weighted by molar-refractivity contribution is 0.204. The van der Waals surface area contributed by atoms with Crippen molar-refractivity contribution in [3.8, 4) is 0 Å². The summed E-state index contributed by atoms with van der Waals surface area (Å²) in [4.78, 5) is 0.473. The summed E-state index contributed by atoms with van der Waals surface area (Å²) in [6.07, 6.45) is 3.02. The minimum absolute atomic E-state index is 0.0877. The third kappa shape index (κ3) is 2.63. The first-order valence-corrected chi connectivity index (χ1v) is 8.80. The Labute approximate surface area is 123 Å². The Balaban J connectivity index is 2.52. The van der Waals surface area contributed by atoms with Gasteiger partial charge in [-0.05, 0) is 70.2 Å². The van der Waals surface area contributed by atoms with Crippen LogP contribution in [-0.2, 0) is 10.0 Å². The highest BCUT2D eigenvalue weighted by atomic mass is 32.2. The molecule has 0 radical (unpaired) electrons. The molecule has 0 spiro atoms. The van der Waals surface area contributed by atoms with Crippen molar-refractivity contribution in [2.24, 2.45) is 0 Å². The molecule has 1 aliphatic rings. The number of piperidine rings is 1. The van der Waals surface area contributed by atoms with Gasteiger partial charge in [0.25, 0.3) is 0 Å². The summed E-state index contributed by atoms with van der Waals surface area (Å²) in [7, 11) is -3.40. The van der Waals surface area contributed by atoms with E-state index in [0.717, 1.165) is 36.0 Å². The molecule has 2 rings (SSSR count). The fourth-order valence-electron chi connectivity index (χ4n) is 3.20. The third-order valence-electron chi connectivity index (χ3n) is 4.46. The van der Waals surface area contributed by atoms with Crippen molar-refractivity contribution in [1.82, 2.24) is 4.31 Å². The highest BCUT2D eigenvalue weighted by molar-refractivity contribution is 7.89. The van der Waals surface area contributed by atoms with Crippen LogP contribution >= 0.6 is 0 Å². The van der Waals surface area contributed by atoms with Gasteiger partial charge in [-0.2, -0.15) is 4.31 Å². The summed E-state index contributed by atoms with van der Waals surface area (Å²) >= 11 is 0. The molecular formula is C16H25NO2S. The monoisotopic (exact) mass is 295 g/mol. The molecule has 1 heterocycles. The predicted molar refractivity (Wildman–Crippen MR) is 82.5 cm³/mol. The molecule has 2 unspecified atom stereocenters. The third-order valence-corrected chi connectivity index (χ3v) is 6.73. The van der Waals surface area contributed by atoms with Crippen LogP contribution in [0.3, 0.4) is 0 Å². The first kappa shape index (κ1) is 15.5. The van der Waals surface area contributed by atoms with Crippen LogP contribution in [0.25, 0.3) is 0 Å². The van der Waals surface area contributed by atoms with E-state index < -0.39 is 10.0 Å². The number of rotatable bonds is 2. The smallest absolute Gasteiger partial charge is 0.207 e. The summed E-state index contributed by atoms with van der Waals surface area (Å²) in [5.41, 5.74) is 3.02. The highest BCUT2D eigenvalue weighted by Crippen LogP contribution is 2.31. The van der Waals surface area contributed by atoms with Gasteiger partial charge in [0.15, 0.2) is 0 Å². The first-order chi connectivity index (χ1) is 9.25. The second-order valence-corrected chi connectivity index (χ2v) is 7.98. The van der Waals surface area contributed by atoms with Crippen molar-refractivity contribution in [2.75, 3.05) is 0 Å². The number of sulfonamides is 1. The Bertz CT molecular complexity index is 597. The molecular weight excluding hydrogens is 270 g/mol. The van der Waals surface area contributed by atoms with Crippen LogP contribution in [0.5, 0.6) is 0 Å². The fraction of sp³-hybridized carbons (Fsp3) is 0.625. The zero-order valence-corrected chi connectivity index (χ0v) is 13.9. The predicted octanol–water partition coefficient (Wildman–Crippen LogP) is 3.56. The molecule has 112 valence electrons. The molecule has 0 amide bonds. The molecule has 0 aliphatic carbocycles. The van der Waals surface area contributed by atoms with E-state index in [9.17, 15) is 8.42 Å². The zero-order valence-electron chi connectivity index (χ0n) is 13.1. The van der Waals surface area contributed by atoms with Crippen molar-refractivity contribution < 1.29 is 8.42 Å². The van der Waals surface area contributed by atoms with Gasteiger partial charge in [-0.1, -0.05) is 12.5 Å². The molecule has 2 atom stereocenters. The lowest BCUT2D eigenvalue weighted by Crippen LogP contribution is -2.47. The van der Waals surface area contributed by atoms with Gasteiger partial charge in [-0.15, -0.1) is 0 Å². The van der Waals surface area contributed by atoms with Gasteiger partial charge >= 0.3 is 0 Å². The van der Waals surface area contributed by atoms with Gasteiger partial charge in [0.1, 0.15) is 0 Å². The molecule has 1 aromatic carbocycles. The molecule has 20 heavy (non-hydrogen) atoms. The molecule has 1 aromatic rings. The van der Waals surface area contributed by atoms with E-state index >= 15 is 0 Å². The van der Waals surface area contributed by atoms with Gasteiger partial charge in [0.2, 0.25) is 10.0 Å². The van der Waals surface area contributed by atoms with E-state index in [1.165, 1.54) is 0 Å². The number of hydrogen-bond acceptors (Lipinski definition) is 2. The molecule has 0 saturated carbocycles. The van der Waals surface area contributed by atoms with E-state index in [-0.39, 0.29) is 12.1 Å². The Hall–Kier alpha value is -0.870. The quantitative estimate of drug-likeness (QED) is 0.836. The Morgan fingerprint density at radius 2 is 1.45 bits per heavy atom. The van der Waals surface area contributed by atoms with Gasteiger partial charge in [0.05, 0.1) is 4.90 Å². The standard InChI is InChI=1S/C16H25NO2S/c1-11-9-13(3)16(10-12(11)2)20(18,19)17-14(4)7-6-8-15(17)5/h9-10,14-15H,6-8H2,1-5H3. The Morgan fingerprint density at radius 1 is 0.950 bits per heavy atom. The highest BCUT2D eigenvalue weighted by Gasteiger charge is 2.36.